The number of aryl methyl sites for hydroxylation is 1. The van der Waals surface area contributed by atoms with Crippen LogP contribution in [-0.2, 0) is 17.8 Å². The van der Waals surface area contributed by atoms with Crippen molar-refractivity contribution in [1.29, 1.82) is 0 Å². The van der Waals surface area contributed by atoms with Crippen LogP contribution in [0.1, 0.15) is 49.7 Å². The SMILES string of the molecule is CC(=O)N1CCc2c(nc(C)nc2N(C)CC2NNC3CCCCC32)C1. The zero-order chi connectivity index (χ0) is 18.3. The summed E-state index contributed by atoms with van der Waals surface area (Å²) in [6.45, 7) is 5.86. The lowest BCUT2D eigenvalue weighted by molar-refractivity contribution is -0.129. The third-order valence-corrected chi connectivity index (χ3v) is 6.22. The van der Waals surface area contributed by atoms with Gasteiger partial charge >= 0.3 is 0 Å². The van der Waals surface area contributed by atoms with Gasteiger partial charge in [-0.05, 0) is 32.1 Å². The highest BCUT2D eigenvalue weighted by molar-refractivity contribution is 5.73. The predicted molar refractivity (Wildman–Crippen MR) is 101 cm³/mol. The second-order valence-corrected chi connectivity index (χ2v) is 8.04. The van der Waals surface area contributed by atoms with Gasteiger partial charge in [-0.3, -0.25) is 15.6 Å². The van der Waals surface area contributed by atoms with Crippen LogP contribution in [0.4, 0.5) is 5.82 Å². The molecule has 2 aliphatic heterocycles. The van der Waals surface area contributed by atoms with Crippen molar-refractivity contribution in [2.45, 2.75) is 64.6 Å². The zero-order valence-electron chi connectivity index (χ0n) is 16.1. The molecular weight excluding hydrogens is 328 g/mol. The smallest absolute Gasteiger partial charge is 0.219 e. The number of aromatic nitrogens is 2. The number of hydrogen-bond donors (Lipinski definition) is 2. The molecule has 4 rings (SSSR count). The number of carbonyl (C=O) groups is 1. The third-order valence-electron chi connectivity index (χ3n) is 6.22. The maximum absolute atomic E-state index is 11.7. The number of likely N-dealkylation sites (N-methyl/N-ethyl adjacent to an activating group) is 1. The van der Waals surface area contributed by atoms with E-state index in [1.807, 2.05) is 11.8 Å². The molecule has 1 amide bonds. The molecule has 7 heteroatoms. The molecule has 3 aliphatic rings. The molecule has 1 saturated heterocycles. The maximum Gasteiger partial charge on any atom is 0.219 e. The van der Waals surface area contributed by atoms with Gasteiger partial charge in [0.15, 0.2) is 0 Å². The fraction of sp³-hybridized carbons (Fsp3) is 0.737. The Morgan fingerprint density at radius 2 is 2.08 bits per heavy atom. The predicted octanol–water partition coefficient (Wildman–Crippen LogP) is 1.16. The molecule has 7 nitrogen and oxygen atoms in total. The number of hydrazine groups is 1. The lowest BCUT2D eigenvalue weighted by atomic mass is 9.81. The molecule has 3 atom stereocenters. The van der Waals surface area contributed by atoms with Crippen LogP contribution in [-0.4, -0.2) is 53.0 Å². The van der Waals surface area contributed by atoms with Crippen molar-refractivity contribution in [3.05, 3.63) is 17.1 Å². The van der Waals surface area contributed by atoms with Gasteiger partial charge in [0, 0.05) is 44.7 Å². The van der Waals surface area contributed by atoms with Crippen LogP contribution in [0.15, 0.2) is 0 Å². The molecule has 0 radical (unpaired) electrons. The van der Waals surface area contributed by atoms with E-state index in [4.69, 9.17) is 4.98 Å². The number of nitrogens with zero attached hydrogens (tertiary/aromatic N) is 4. The quantitative estimate of drug-likeness (QED) is 0.845. The Morgan fingerprint density at radius 1 is 1.27 bits per heavy atom. The minimum Gasteiger partial charge on any atom is -0.358 e. The largest absolute Gasteiger partial charge is 0.358 e. The minimum atomic E-state index is 0.117. The Labute approximate surface area is 155 Å². The van der Waals surface area contributed by atoms with Gasteiger partial charge in [-0.2, -0.15) is 0 Å². The molecular formula is C19H30N6O. The summed E-state index contributed by atoms with van der Waals surface area (Å²) in [4.78, 5) is 25.3. The van der Waals surface area contributed by atoms with Crippen molar-refractivity contribution in [3.8, 4) is 0 Å². The number of amides is 1. The molecule has 3 heterocycles. The molecule has 1 aromatic rings. The van der Waals surface area contributed by atoms with E-state index in [0.29, 0.717) is 24.5 Å². The van der Waals surface area contributed by atoms with E-state index >= 15 is 0 Å². The Hall–Kier alpha value is -1.73. The second kappa shape index (κ2) is 7.12. The Morgan fingerprint density at radius 3 is 2.88 bits per heavy atom. The first-order valence-electron chi connectivity index (χ1n) is 9.87. The molecule has 1 aromatic heterocycles. The van der Waals surface area contributed by atoms with Crippen LogP contribution >= 0.6 is 0 Å². The van der Waals surface area contributed by atoms with Crippen molar-refractivity contribution in [1.82, 2.24) is 25.7 Å². The Balaban J connectivity index is 1.53. The van der Waals surface area contributed by atoms with Crippen LogP contribution < -0.4 is 15.8 Å². The highest BCUT2D eigenvalue weighted by Gasteiger charge is 2.38. The van der Waals surface area contributed by atoms with Gasteiger partial charge in [-0.15, -0.1) is 0 Å². The van der Waals surface area contributed by atoms with E-state index in [2.05, 4.69) is 27.8 Å². The summed E-state index contributed by atoms with van der Waals surface area (Å²) in [6, 6.07) is 1.07. The molecule has 3 unspecified atom stereocenters. The number of hydrogen-bond acceptors (Lipinski definition) is 6. The molecule has 1 aliphatic carbocycles. The van der Waals surface area contributed by atoms with Gasteiger partial charge in [0.2, 0.25) is 5.91 Å². The highest BCUT2D eigenvalue weighted by Crippen LogP contribution is 2.32. The van der Waals surface area contributed by atoms with Crippen molar-refractivity contribution >= 4 is 11.7 Å². The molecule has 1 saturated carbocycles. The van der Waals surface area contributed by atoms with Crippen molar-refractivity contribution in [3.63, 3.8) is 0 Å². The molecule has 26 heavy (non-hydrogen) atoms. The molecule has 142 valence electrons. The van der Waals surface area contributed by atoms with Gasteiger partial charge in [0.25, 0.3) is 0 Å². The van der Waals surface area contributed by atoms with Gasteiger partial charge in [-0.1, -0.05) is 12.8 Å². The second-order valence-electron chi connectivity index (χ2n) is 8.04. The van der Waals surface area contributed by atoms with Gasteiger partial charge < -0.3 is 9.80 Å². The van der Waals surface area contributed by atoms with Crippen LogP contribution in [0.5, 0.6) is 0 Å². The third kappa shape index (κ3) is 3.30. The van der Waals surface area contributed by atoms with Gasteiger partial charge in [0.1, 0.15) is 11.6 Å². The van der Waals surface area contributed by atoms with E-state index < -0.39 is 0 Å². The number of fused-ring (bicyclic) bond motifs is 2. The molecule has 2 N–H and O–H groups in total. The lowest BCUT2D eigenvalue weighted by Crippen LogP contribution is -2.42. The summed E-state index contributed by atoms with van der Waals surface area (Å²) in [5.74, 6) is 2.64. The van der Waals surface area contributed by atoms with E-state index in [1.165, 1.54) is 31.2 Å². The average Bonchev–Trinajstić information content (AvgIpc) is 3.03. The topological polar surface area (TPSA) is 73.4 Å². The van der Waals surface area contributed by atoms with E-state index in [-0.39, 0.29) is 5.91 Å². The Bertz CT molecular complexity index is 693. The van der Waals surface area contributed by atoms with E-state index in [0.717, 1.165) is 36.8 Å². The van der Waals surface area contributed by atoms with Gasteiger partial charge in [-0.25, -0.2) is 9.97 Å². The normalized spacial score (nSPS) is 27.8. The highest BCUT2D eigenvalue weighted by atomic mass is 16.2. The van der Waals surface area contributed by atoms with Crippen molar-refractivity contribution < 1.29 is 4.79 Å². The average molecular weight is 358 g/mol. The summed E-state index contributed by atoms with van der Waals surface area (Å²) < 4.78 is 0. The summed E-state index contributed by atoms with van der Waals surface area (Å²) >= 11 is 0. The van der Waals surface area contributed by atoms with Gasteiger partial charge in [0.05, 0.1) is 12.2 Å². The first kappa shape index (κ1) is 17.7. The minimum absolute atomic E-state index is 0.117. The van der Waals surface area contributed by atoms with Crippen molar-refractivity contribution in [2.24, 2.45) is 5.92 Å². The molecule has 0 spiro atoms. The van der Waals surface area contributed by atoms with Crippen LogP contribution in [0.2, 0.25) is 0 Å². The zero-order valence-corrected chi connectivity index (χ0v) is 16.1. The fourth-order valence-electron chi connectivity index (χ4n) is 4.82. The summed E-state index contributed by atoms with van der Waals surface area (Å²) in [6.07, 6.45) is 6.09. The van der Waals surface area contributed by atoms with Crippen LogP contribution in [0, 0.1) is 12.8 Å². The number of anilines is 1. The number of nitrogens with one attached hydrogen (secondary N) is 2. The molecule has 0 aromatic carbocycles. The first-order chi connectivity index (χ1) is 12.5. The molecule has 2 fully saturated rings. The first-order valence-corrected chi connectivity index (χ1v) is 9.87. The summed E-state index contributed by atoms with van der Waals surface area (Å²) in [7, 11) is 2.14. The van der Waals surface area contributed by atoms with E-state index in [1.54, 1.807) is 6.92 Å². The number of rotatable bonds is 3. The summed E-state index contributed by atoms with van der Waals surface area (Å²) in [5.41, 5.74) is 9.25. The Kier molecular flexibility index (Phi) is 4.84. The monoisotopic (exact) mass is 358 g/mol. The lowest BCUT2D eigenvalue weighted by Gasteiger charge is -2.33. The standard InChI is InChI=1S/C19H30N6O/c1-12-20-17-11-25(13(2)26)9-8-15(17)19(21-12)24(3)10-18-14-6-4-5-7-16(14)22-23-18/h14,16,18,22-23H,4-11H2,1-3H3. The van der Waals surface area contributed by atoms with Crippen LogP contribution in [0.25, 0.3) is 0 Å². The molecule has 0 bridgehead atoms. The summed E-state index contributed by atoms with van der Waals surface area (Å²) in [5, 5.41) is 0. The van der Waals surface area contributed by atoms with E-state index in [9.17, 15) is 4.79 Å². The fourth-order valence-corrected chi connectivity index (χ4v) is 4.82. The van der Waals surface area contributed by atoms with Crippen LogP contribution in [0.3, 0.4) is 0 Å². The van der Waals surface area contributed by atoms with Crippen molar-refractivity contribution in [2.75, 3.05) is 25.0 Å². The maximum atomic E-state index is 11.7. The number of carbonyl (C=O) groups excluding carboxylic acids is 1.